The molecule has 1 aliphatic carbocycles. The van der Waals surface area contributed by atoms with Gasteiger partial charge in [0.2, 0.25) is 5.91 Å². The Kier molecular flexibility index (Phi) is 9.94. The van der Waals surface area contributed by atoms with Crippen LogP contribution < -0.4 is 25.2 Å². The predicted octanol–water partition coefficient (Wildman–Crippen LogP) is 4.72. The Morgan fingerprint density at radius 2 is 1.71 bits per heavy atom. The van der Waals surface area contributed by atoms with E-state index < -0.39 is 40.7 Å². The van der Waals surface area contributed by atoms with E-state index in [0.29, 0.717) is 39.6 Å². The van der Waals surface area contributed by atoms with Crippen LogP contribution in [0.3, 0.4) is 0 Å². The van der Waals surface area contributed by atoms with Gasteiger partial charge < -0.3 is 30.3 Å². The molecule has 4 amide bonds. The number of carbonyl (C=O) groups excluding carboxylic acids is 4. The average molecular weight is 855 g/mol. The number of piperazine rings is 1. The van der Waals surface area contributed by atoms with Gasteiger partial charge in [0.05, 0.1) is 45.4 Å². The summed E-state index contributed by atoms with van der Waals surface area (Å²) < 4.78 is 22.4. The molecule has 15 heteroatoms. The fraction of sp³-hybridized carbons (Fsp3) is 0.458. The third-order valence-electron chi connectivity index (χ3n) is 15.0. The lowest BCUT2D eigenvalue weighted by atomic mass is 9.45. The van der Waals surface area contributed by atoms with Crippen molar-refractivity contribution in [3.8, 4) is 11.8 Å². The van der Waals surface area contributed by atoms with Crippen LogP contribution in [-0.4, -0.2) is 114 Å². The molecule has 6 heterocycles. The lowest BCUT2D eigenvalue weighted by Crippen LogP contribution is -2.78. The number of nitrogens with zero attached hydrogens (tertiary/aromatic N) is 6. The second-order valence-electron chi connectivity index (χ2n) is 18.9. The second kappa shape index (κ2) is 15.3. The highest BCUT2D eigenvalue weighted by atomic mass is 19.1. The number of piperidine rings is 2. The van der Waals surface area contributed by atoms with Crippen molar-refractivity contribution in [3.63, 3.8) is 0 Å². The molecule has 1 aromatic heterocycles. The number of nitriles is 1. The molecule has 14 nitrogen and oxygen atoms in total. The van der Waals surface area contributed by atoms with Crippen molar-refractivity contribution in [1.29, 1.82) is 5.26 Å². The number of halogens is 1. The number of nitrogens with one attached hydrogen (secondary N) is 2. The second-order valence-corrected chi connectivity index (χ2v) is 18.9. The van der Waals surface area contributed by atoms with Crippen molar-refractivity contribution in [2.75, 3.05) is 55.6 Å². The molecule has 3 saturated heterocycles. The molecule has 3 N–H and O–H groups in total. The summed E-state index contributed by atoms with van der Waals surface area (Å²) in [5.74, 6) is -0.750. The molecule has 4 fully saturated rings. The van der Waals surface area contributed by atoms with E-state index >= 15 is 4.39 Å². The lowest BCUT2D eigenvalue weighted by Gasteiger charge is -2.66. The molecule has 5 aliphatic heterocycles. The maximum absolute atomic E-state index is 15.8. The molecule has 326 valence electrons. The Labute approximate surface area is 365 Å². The zero-order chi connectivity index (χ0) is 43.9. The van der Waals surface area contributed by atoms with Gasteiger partial charge in [-0.25, -0.2) is 4.39 Å². The number of aliphatic hydroxyl groups excluding tert-OH is 1. The first kappa shape index (κ1) is 40.9. The fourth-order valence-electron chi connectivity index (χ4n) is 11.6. The summed E-state index contributed by atoms with van der Waals surface area (Å²) in [7, 11) is 0. The third-order valence-corrected chi connectivity index (χ3v) is 15.0. The summed E-state index contributed by atoms with van der Waals surface area (Å²) >= 11 is 0. The average Bonchev–Trinajstić information content (AvgIpc) is 3.53. The molecule has 6 aliphatic rings. The first-order valence-electron chi connectivity index (χ1n) is 22.1. The normalized spacial score (nSPS) is 26.7. The van der Waals surface area contributed by atoms with Crippen LogP contribution >= 0.6 is 0 Å². The first-order valence-corrected chi connectivity index (χ1v) is 22.1. The number of hydrogen-bond donors (Lipinski definition) is 3. The molecule has 0 spiro atoms. The van der Waals surface area contributed by atoms with Crippen molar-refractivity contribution in [1.82, 2.24) is 25.4 Å². The van der Waals surface area contributed by atoms with Crippen LogP contribution in [0.25, 0.3) is 10.9 Å². The van der Waals surface area contributed by atoms with E-state index in [-0.39, 0.29) is 42.4 Å². The van der Waals surface area contributed by atoms with Crippen LogP contribution in [0.2, 0.25) is 0 Å². The molecule has 0 radical (unpaired) electrons. The van der Waals surface area contributed by atoms with Crippen LogP contribution in [0.1, 0.15) is 95.1 Å². The molecular weight excluding hydrogens is 804 g/mol. The molecule has 3 aromatic carbocycles. The SMILES string of the molecule is CC1(C)C(NC(=O)c2ccc(N3CCC(CCN4CCN(c5ccc6c(c5)C(=O)N(C5CCC(=O)N[C@@H]5O)C6=O)CC4)CC3)c(F)c2)[C@]2(C)c3ccnc4c(C#N)ccc(c34)O[C@@H]12. The van der Waals surface area contributed by atoms with Gasteiger partial charge in [0.25, 0.3) is 17.7 Å². The van der Waals surface area contributed by atoms with Crippen molar-refractivity contribution < 1.29 is 33.4 Å². The molecular formula is C48H51FN8O6. The molecule has 63 heavy (non-hydrogen) atoms. The summed E-state index contributed by atoms with van der Waals surface area (Å²) in [5, 5.41) is 26.6. The number of aromatic nitrogens is 1. The zero-order valence-electron chi connectivity index (χ0n) is 35.7. The summed E-state index contributed by atoms with van der Waals surface area (Å²) in [6, 6.07) is 16.7. The Hall–Kier alpha value is -6.11. The number of amides is 4. The molecule has 2 unspecified atom stereocenters. The van der Waals surface area contributed by atoms with E-state index in [2.05, 4.69) is 57.2 Å². The van der Waals surface area contributed by atoms with E-state index in [1.807, 2.05) is 18.2 Å². The quantitative estimate of drug-likeness (QED) is 0.210. The van der Waals surface area contributed by atoms with E-state index in [9.17, 15) is 29.5 Å². The number of hydrogen-bond acceptors (Lipinski definition) is 11. The van der Waals surface area contributed by atoms with Gasteiger partial charge in [-0.3, -0.25) is 34.0 Å². The first-order chi connectivity index (χ1) is 30.3. The highest BCUT2D eigenvalue weighted by Gasteiger charge is 2.69. The third kappa shape index (κ3) is 6.59. The molecule has 4 aromatic rings. The minimum absolute atomic E-state index is 0.139. The Bertz CT molecular complexity index is 2620. The van der Waals surface area contributed by atoms with Gasteiger partial charge in [-0.05, 0) is 105 Å². The number of carbonyl (C=O) groups is 4. The number of aliphatic hydroxyl groups is 1. The smallest absolute Gasteiger partial charge is 0.262 e. The topological polar surface area (TPSA) is 171 Å². The molecule has 5 atom stereocenters. The lowest BCUT2D eigenvalue weighted by molar-refractivity contribution is -0.131. The summed E-state index contributed by atoms with van der Waals surface area (Å²) in [6.45, 7) is 11.9. The van der Waals surface area contributed by atoms with Crippen molar-refractivity contribution >= 4 is 45.9 Å². The standard InChI is InChI=1S/C48H51FN8O6/c1-47(2)45(48(3)33-12-16-51-40-29(26-50)5-10-37(39(33)40)63-46(47)48)53-41(59)28-4-8-35(34(49)24-28)56-18-14-27(15-19-56)13-17-54-20-22-55(23-21-54)30-6-7-31-32(25-30)44(62)57(43(31)61)36-9-11-38(58)52-42(36)60/h4-8,10,12,16,24-25,27,36,42,45-46,60H,9,11,13-15,17-23H2,1-3H3,(H,52,58)(H,53,59)/t36?,42-,45?,46+,48+/m1/s1. The van der Waals surface area contributed by atoms with Crippen LogP contribution in [0.4, 0.5) is 15.8 Å². The Morgan fingerprint density at radius 1 is 0.952 bits per heavy atom. The number of anilines is 2. The Balaban J connectivity index is 0.711. The van der Waals surface area contributed by atoms with Crippen molar-refractivity contribution in [3.05, 3.63) is 94.4 Å². The molecule has 0 bridgehead atoms. The zero-order valence-corrected chi connectivity index (χ0v) is 35.7. The summed E-state index contributed by atoms with van der Waals surface area (Å²) in [6.07, 6.45) is 3.50. The van der Waals surface area contributed by atoms with Crippen molar-refractivity contribution in [2.24, 2.45) is 11.3 Å². The highest BCUT2D eigenvalue weighted by Crippen LogP contribution is 2.61. The number of benzene rings is 3. The van der Waals surface area contributed by atoms with Gasteiger partial charge in [0.15, 0.2) is 0 Å². The monoisotopic (exact) mass is 854 g/mol. The highest BCUT2D eigenvalue weighted by molar-refractivity contribution is 6.22. The predicted molar refractivity (Wildman–Crippen MR) is 232 cm³/mol. The number of ether oxygens (including phenoxy) is 1. The molecule has 10 rings (SSSR count). The van der Waals surface area contributed by atoms with E-state index in [4.69, 9.17) is 4.74 Å². The Morgan fingerprint density at radius 3 is 2.44 bits per heavy atom. The van der Waals surface area contributed by atoms with Gasteiger partial charge >= 0.3 is 0 Å². The van der Waals surface area contributed by atoms with E-state index in [1.165, 1.54) is 6.07 Å². The fourth-order valence-corrected chi connectivity index (χ4v) is 11.6. The van der Waals surface area contributed by atoms with Crippen LogP contribution in [0, 0.1) is 28.5 Å². The maximum Gasteiger partial charge on any atom is 0.262 e. The minimum atomic E-state index is -1.29. The van der Waals surface area contributed by atoms with E-state index in [0.717, 1.165) is 86.6 Å². The number of rotatable bonds is 8. The number of fused-ring (bicyclic) bond motifs is 3. The van der Waals surface area contributed by atoms with Gasteiger partial charge in [0.1, 0.15) is 30.0 Å². The number of pyridine rings is 1. The minimum Gasteiger partial charge on any atom is -0.488 e. The number of imide groups is 1. The maximum atomic E-state index is 15.8. The summed E-state index contributed by atoms with van der Waals surface area (Å²) in [5.41, 5.74) is 3.29. The van der Waals surface area contributed by atoms with Crippen LogP contribution in [0.5, 0.6) is 5.75 Å². The van der Waals surface area contributed by atoms with Crippen LogP contribution in [0.15, 0.2) is 60.8 Å². The van der Waals surface area contributed by atoms with Gasteiger partial charge in [-0.1, -0.05) is 13.8 Å². The van der Waals surface area contributed by atoms with Gasteiger partial charge in [0, 0.05) is 73.9 Å². The van der Waals surface area contributed by atoms with Gasteiger partial charge in [-0.2, -0.15) is 5.26 Å². The molecule has 1 saturated carbocycles. The van der Waals surface area contributed by atoms with E-state index in [1.54, 1.807) is 36.5 Å². The largest absolute Gasteiger partial charge is 0.488 e. The summed E-state index contributed by atoms with van der Waals surface area (Å²) in [4.78, 5) is 64.4. The van der Waals surface area contributed by atoms with Crippen LogP contribution in [-0.2, 0) is 10.2 Å². The van der Waals surface area contributed by atoms with Gasteiger partial charge in [-0.15, -0.1) is 0 Å². The van der Waals surface area contributed by atoms with Crippen molar-refractivity contribution in [2.45, 2.75) is 82.7 Å².